The van der Waals surface area contributed by atoms with Gasteiger partial charge in [-0.25, -0.2) is 0 Å². The molecule has 2 rings (SSSR count). The molecule has 2 saturated heterocycles. The van der Waals surface area contributed by atoms with Crippen molar-refractivity contribution in [2.75, 3.05) is 31.2 Å². The lowest BCUT2D eigenvalue weighted by molar-refractivity contribution is -0.123. The van der Waals surface area contributed by atoms with Crippen LogP contribution in [0.3, 0.4) is 0 Å². The number of thioether (sulfide) groups is 1. The number of hydrogen-bond donors (Lipinski definition) is 2. The van der Waals surface area contributed by atoms with E-state index in [-0.39, 0.29) is 29.8 Å². The Morgan fingerprint density at radius 2 is 2.18 bits per heavy atom. The van der Waals surface area contributed by atoms with E-state index < -0.39 is 0 Å². The minimum Gasteiger partial charge on any atom is -0.377 e. The van der Waals surface area contributed by atoms with Crippen LogP contribution in [0.1, 0.15) is 40.0 Å². The smallest absolute Gasteiger partial charge is 0.221 e. The molecule has 0 aromatic carbocycles. The first-order valence-electron chi connectivity index (χ1n) is 8.16. The van der Waals surface area contributed by atoms with Crippen LogP contribution >= 0.6 is 24.2 Å². The van der Waals surface area contributed by atoms with Gasteiger partial charge in [-0.05, 0) is 18.3 Å². The zero-order chi connectivity index (χ0) is 15.3. The topological polar surface area (TPSA) is 50.4 Å². The van der Waals surface area contributed by atoms with Gasteiger partial charge >= 0.3 is 0 Å². The summed E-state index contributed by atoms with van der Waals surface area (Å²) in [6, 6.07) is 0.338. The summed E-state index contributed by atoms with van der Waals surface area (Å²) in [6.07, 6.45) is 3.10. The number of halogens is 1. The normalized spacial score (nSPS) is 29.5. The van der Waals surface area contributed by atoms with E-state index in [4.69, 9.17) is 4.74 Å². The highest BCUT2D eigenvalue weighted by Gasteiger charge is 2.35. The van der Waals surface area contributed by atoms with Crippen molar-refractivity contribution in [3.05, 3.63) is 0 Å². The lowest BCUT2D eigenvalue weighted by atomic mass is 9.78. The number of rotatable bonds is 4. The summed E-state index contributed by atoms with van der Waals surface area (Å²) in [5, 5.41) is 6.55. The first-order valence-corrected chi connectivity index (χ1v) is 9.31. The maximum absolute atomic E-state index is 12.1. The third-order valence-electron chi connectivity index (χ3n) is 4.29. The number of amides is 1. The summed E-state index contributed by atoms with van der Waals surface area (Å²) in [4.78, 5) is 12.1. The van der Waals surface area contributed by atoms with E-state index in [1.807, 2.05) is 11.8 Å². The maximum atomic E-state index is 12.1. The Bertz CT molecular complexity index is 344. The Balaban J connectivity index is 0.00000242. The van der Waals surface area contributed by atoms with E-state index in [2.05, 4.69) is 31.4 Å². The Hall–Kier alpha value is 0.0300. The second-order valence-electron chi connectivity index (χ2n) is 7.29. The van der Waals surface area contributed by atoms with E-state index in [9.17, 15) is 4.79 Å². The molecule has 22 heavy (non-hydrogen) atoms. The second kappa shape index (κ2) is 9.36. The molecule has 0 radical (unpaired) electrons. The average Bonchev–Trinajstić information content (AvgIpc) is 2.45. The lowest BCUT2D eigenvalue weighted by Crippen LogP contribution is -2.46. The molecule has 4 nitrogen and oxygen atoms in total. The fourth-order valence-corrected chi connectivity index (χ4v) is 4.25. The third kappa shape index (κ3) is 6.26. The summed E-state index contributed by atoms with van der Waals surface area (Å²) >= 11 is 1.93. The molecule has 130 valence electrons. The fraction of sp³-hybridized carbons (Fsp3) is 0.938. The quantitative estimate of drug-likeness (QED) is 0.817. The van der Waals surface area contributed by atoms with Gasteiger partial charge in [0.1, 0.15) is 0 Å². The predicted molar refractivity (Wildman–Crippen MR) is 95.9 cm³/mol. The molecule has 2 aliphatic heterocycles. The van der Waals surface area contributed by atoms with E-state index in [1.54, 1.807) is 0 Å². The number of nitrogens with one attached hydrogen (secondary N) is 2. The number of carbonyl (C=O) groups is 1. The van der Waals surface area contributed by atoms with Crippen LogP contribution in [0.4, 0.5) is 0 Å². The van der Waals surface area contributed by atoms with Gasteiger partial charge in [-0.2, -0.15) is 11.8 Å². The Morgan fingerprint density at radius 3 is 2.82 bits per heavy atom. The first kappa shape index (κ1) is 20.1. The minimum atomic E-state index is 0. The Morgan fingerprint density at radius 1 is 1.41 bits per heavy atom. The van der Waals surface area contributed by atoms with Crippen LogP contribution in [0.25, 0.3) is 0 Å². The van der Waals surface area contributed by atoms with Crippen molar-refractivity contribution in [1.29, 1.82) is 0 Å². The van der Waals surface area contributed by atoms with Gasteiger partial charge in [-0.3, -0.25) is 4.79 Å². The van der Waals surface area contributed by atoms with E-state index >= 15 is 0 Å². The molecule has 0 aromatic rings. The van der Waals surface area contributed by atoms with Gasteiger partial charge < -0.3 is 15.4 Å². The summed E-state index contributed by atoms with van der Waals surface area (Å²) in [5.74, 6) is 2.82. The molecule has 0 saturated carbocycles. The summed E-state index contributed by atoms with van der Waals surface area (Å²) in [7, 11) is 0. The predicted octanol–water partition coefficient (Wildman–Crippen LogP) is 2.46. The van der Waals surface area contributed by atoms with Gasteiger partial charge in [-0.1, -0.05) is 20.8 Å². The molecule has 2 N–H and O–H groups in total. The van der Waals surface area contributed by atoms with Crippen molar-refractivity contribution >= 4 is 30.1 Å². The molecule has 3 atom stereocenters. The van der Waals surface area contributed by atoms with Crippen LogP contribution in [-0.4, -0.2) is 49.3 Å². The van der Waals surface area contributed by atoms with Crippen molar-refractivity contribution < 1.29 is 9.53 Å². The summed E-state index contributed by atoms with van der Waals surface area (Å²) < 4.78 is 5.97. The minimum absolute atomic E-state index is 0. The van der Waals surface area contributed by atoms with Crippen LogP contribution in [0.2, 0.25) is 0 Å². The van der Waals surface area contributed by atoms with Crippen LogP contribution in [0, 0.1) is 11.3 Å². The van der Waals surface area contributed by atoms with Crippen molar-refractivity contribution in [2.45, 2.75) is 52.2 Å². The van der Waals surface area contributed by atoms with Crippen LogP contribution in [0.15, 0.2) is 0 Å². The Kier molecular flexibility index (Phi) is 8.54. The second-order valence-corrected chi connectivity index (χ2v) is 8.44. The highest BCUT2D eigenvalue weighted by molar-refractivity contribution is 7.99. The summed E-state index contributed by atoms with van der Waals surface area (Å²) in [6.45, 7) is 9.30. The van der Waals surface area contributed by atoms with Crippen molar-refractivity contribution in [2.24, 2.45) is 11.3 Å². The zero-order valence-corrected chi connectivity index (χ0v) is 15.7. The SMILES string of the molecule is CC(C)(C)C1OCCCC1CNC(=O)CC1CSCCN1.Cl. The zero-order valence-electron chi connectivity index (χ0n) is 14.0. The lowest BCUT2D eigenvalue weighted by Gasteiger charge is -2.40. The molecule has 0 bridgehead atoms. The van der Waals surface area contributed by atoms with E-state index in [0.29, 0.717) is 18.4 Å². The molecule has 6 heteroatoms. The molecule has 2 heterocycles. The molecule has 0 aromatic heterocycles. The third-order valence-corrected chi connectivity index (χ3v) is 5.42. The molecule has 2 aliphatic rings. The van der Waals surface area contributed by atoms with E-state index in [1.165, 1.54) is 0 Å². The van der Waals surface area contributed by atoms with Crippen molar-refractivity contribution in [3.8, 4) is 0 Å². The molecule has 1 amide bonds. The van der Waals surface area contributed by atoms with Crippen LogP contribution in [-0.2, 0) is 9.53 Å². The van der Waals surface area contributed by atoms with Crippen LogP contribution < -0.4 is 10.6 Å². The summed E-state index contributed by atoms with van der Waals surface area (Å²) in [5.41, 5.74) is 0.136. The van der Waals surface area contributed by atoms with Gasteiger partial charge in [0, 0.05) is 49.6 Å². The van der Waals surface area contributed by atoms with Crippen LogP contribution in [0.5, 0.6) is 0 Å². The van der Waals surface area contributed by atoms with Gasteiger partial charge in [0.15, 0.2) is 0 Å². The van der Waals surface area contributed by atoms with Gasteiger partial charge in [0.2, 0.25) is 5.91 Å². The van der Waals surface area contributed by atoms with E-state index in [0.717, 1.165) is 44.0 Å². The molecule has 0 aliphatic carbocycles. The Labute approximate surface area is 145 Å². The average molecular weight is 351 g/mol. The van der Waals surface area contributed by atoms with Gasteiger partial charge in [-0.15, -0.1) is 12.4 Å². The molecular formula is C16H31ClN2O2S. The maximum Gasteiger partial charge on any atom is 0.221 e. The number of hydrogen-bond acceptors (Lipinski definition) is 4. The number of ether oxygens (including phenoxy) is 1. The highest BCUT2D eigenvalue weighted by Crippen LogP contribution is 2.33. The van der Waals surface area contributed by atoms with Gasteiger partial charge in [0.05, 0.1) is 6.10 Å². The fourth-order valence-electron chi connectivity index (χ4n) is 3.30. The highest BCUT2D eigenvalue weighted by atomic mass is 35.5. The van der Waals surface area contributed by atoms with Gasteiger partial charge in [0.25, 0.3) is 0 Å². The first-order chi connectivity index (χ1) is 9.97. The molecule has 0 spiro atoms. The molecular weight excluding hydrogens is 320 g/mol. The monoisotopic (exact) mass is 350 g/mol. The molecule has 2 fully saturated rings. The standard InChI is InChI=1S/C16H30N2O2S.ClH/c1-16(2,3)15-12(5-4-7-20-15)10-18-14(19)9-13-11-21-8-6-17-13;/h12-13,15,17H,4-11H2,1-3H3,(H,18,19);1H. The van der Waals surface area contributed by atoms with Crippen molar-refractivity contribution in [1.82, 2.24) is 10.6 Å². The largest absolute Gasteiger partial charge is 0.377 e. The van der Waals surface area contributed by atoms with Crippen molar-refractivity contribution in [3.63, 3.8) is 0 Å². The molecule has 3 unspecified atom stereocenters. The number of carbonyl (C=O) groups excluding carboxylic acids is 1.